The van der Waals surface area contributed by atoms with E-state index in [1.165, 1.54) is 6.92 Å². The summed E-state index contributed by atoms with van der Waals surface area (Å²) in [4.78, 5) is 28.2. The van der Waals surface area contributed by atoms with Crippen LogP contribution in [0.1, 0.15) is 25.3 Å². The third kappa shape index (κ3) is 4.58. The molecule has 0 spiro atoms. The molecule has 0 radical (unpaired) electrons. The molecule has 0 aromatic heterocycles. The number of anilines is 1. The standard InChI is InChI=1S/C19H27N3O3/c1-14(23)20-16-11-15-5-3-4-6-18(15)22(12-16)19(24)13-25-17-7-9-21(2)10-8-17/h3-6,16-17H,7-13H2,1-2H3,(H,20,23). The molecule has 1 N–H and O–H groups in total. The molecule has 0 aliphatic carbocycles. The van der Waals surface area contributed by atoms with E-state index >= 15 is 0 Å². The Labute approximate surface area is 149 Å². The minimum atomic E-state index is -0.0700. The lowest BCUT2D eigenvalue weighted by Crippen LogP contribution is -2.51. The average Bonchev–Trinajstić information content (AvgIpc) is 2.59. The summed E-state index contributed by atoms with van der Waals surface area (Å²) in [5, 5.41) is 2.94. The van der Waals surface area contributed by atoms with Crippen molar-refractivity contribution in [3.8, 4) is 0 Å². The number of rotatable bonds is 4. The van der Waals surface area contributed by atoms with Crippen molar-refractivity contribution in [1.82, 2.24) is 10.2 Å². The normalized spacial score (nSPS) is 21.7. The van der Waals surface area contributed by atoms with Crippen molar-refractivity contribution in [2.24, 2.45) is 0 Å². The van der Waals surface area contributed by atoms with E-state index < -0.39 is 0 Å². The zero-order valence-corrected chi connectivity index (χ0v) is 15.0. The van der Waals surface area contributed by atoms with E-state index in [2.05, 4.69) is 17.3 Å². The second-order valence-corrected chi connectivity index (χ2v) is 7.05. The van der Waals surface area contributed by atoms with E-state index in [-0.39, 0.29) is 30.6 Å². The molecule has 6 heteroatoms. The van der Waals surface area contributed by atoms with Crippen molar-refractivity contribution in [3.05, 3.63) is 29.8 Å². The minimum Gasteiger partial charge on any atom is -0.368 e. The first kappa shape index (κ1) is 17.9. The number of ether oxygens (including phenoxy) is 1. The number of piperidine rings is 1. The number of carbonyl (C=O) groups is 2. The zero-order chi connectivity index (χ0) is 17.8. The van der Waals surface area contributed by atoms with Crippen LogP contribution in [0.4, 0.5) is 5.69 Å². The van der Waals surface area contributed by atoms with Crippen molar-refractivity contribution < 1.29 is 14.3 Å². The van der Waals surface area contributed by atoms with Gasteiger partial charge in [0.15, 0.2) is 0 Å². The van der Waals surface area contributed by atoms with Gasteiger partial charge in [-0.2, -0.15) is 0 Å². The Kier molecular flexibility index (Phi) is 5.71. The van der Waals surface area contributed by atoms with Crippen LogP contribution in [0.2, 0.25) is 0 Å². The van der Waals surface area contributed by atoms with E-state index in [1.54, 1.807) is 4.90 Å². The highest BCUT2D eigenvalue weighted by atomic mass is 16.5. The molecule has 1 fully saturated rings. The average molecular weight is 345 g/mol. The number of carbonyl (C=O) groups excluding carboxylic acids is 2. The lowest BCUT2D eigenvalue weighted by atomic mass is 9.97. The highest BCUT2D eigenvalue weighted by molar-refractivity contribution is 5.95. The largest absolute Gasteiger partial charge is 0.368 e. The molecule has 0 saturated carbocycles. The number of likely N-dealkylation sites (tertiary alicyclic amines) is 1. The Bertz CT molecular complexity index is 626. The van der Waals surface area contributed by atoms with Gasteiger partial charge < -0.3 is 19.9 Å². The molecular formula is C19H27N3O3. The Balaban J connectivity index is 1.64. The molecule has 2 aliphatic rings. The third-order valence-electron chi connectivity index (χ3n) is 4.97. The summed E-state index contributed by atoms with van der Waals surface area (Å²) < 4.78 is 5.87. The number of fused-ring (bicyclic) bond motifs is 1. The topological polar surface area (TPSA) is 61.9 Å². The van der Waals surface area contributed by atoms with Gasteiger partial charge >= 0.3 is 0 Å². The second kappa shape index (κ2) is 7.97. The predicted molar refractivity (Wildman–Crippen MR) is 96.6 cm³/mol. The number of para-hydroxylation sites is 1. The molecule has 0 bridgehead atoms. The quantitative estimate of drug-likeness (QED) is 0.890. The summed E-state index contributed by atoms with van der Waals surface area (Å²) >= 11 is 0. The maximum atomic E-state index is 12.8. The number of benzene rings is 1. The van der Waals surface area contributed by atoms with Gasteiger partial charge in [0.05, 0.1) is 12.1 Å². The van der Waals surface area contributed by atoms with Crippen molar-refractivity contribution in [1.29, 1.82) is 0 Å². The molecular weight excluding hydrogens is 318 g/mol. The SMILES string of the molecule is CC(=O)NC1Cc2ccccc2N(C(=O)COC2CCN(C)CC2)C1. The Morgan fingerprint density at radius 1 is 1.24 bits per heavy atom. The Morgan fingerprint density at radius 3 is 2.68 bits per heavy atom. The first-order chi connectivity index (χ1) is 12.0. The maximum absolute atomic E-state index is 12.8. The Morgan fingerprint density at radius 2 is 1.96 bits per heavy atom. The van der Waals surface area contributed by atoms with Gasteiger partial charge in [0.25, 0.3) is 5.91 Å². The van der Waals surface area contributed by atoms with Crippen LogP contribution >= 0.6 is 0 Å². The number of amides is 2. The van der Waals surface area contributed by atoms with E-state index in [0.717, 1.165) is 43.6 Å². The summed E-state index contributed by atoms with van der Waals surface area (Å²) in [5.41, 5.74) is 2.02. The van der Waals surface area contributed by atoms with Gasteiger partial charge in [-0.1, -0.05) is 18.2 Å². The minimum absolute atomic E-state index is 0.0403. The molecule has 1 atom stereocenters. The van der Waals surface area contributed by atoms with Crippen LogP contribution in [0.25, 0.3) is 0 Å². The van der Waals surface area contributed by atoms with Gasteiger partial charge in [-0.05, 0) is 37.9 Å². The molecule has 1 saturated heterocycles. The monoisotopic (exact) mass is 345 g/mol. The van der Waals surface area contributed by atoms with Gasteiger partial charge in [-0.3, -0.25) is 9.59 Å². The van der Waals surface area contributed by atoms with Crippen LogP contribution in [0.15, 0.2) is 24.3 Å². The summed E-state index contributed by atoms with van der Waals surface area (Å²) in [7, 11) is 2.11. The summed E-state index contributed by atoms with van der Waals surface area (Å²) in [6.45, 7) is 4.11. The van der Waals surface area contributed by atoms with Crippen LogP contribution in [0.3, 0.4) is 0 Å². The number of nitrogens with zero attached hydrogens (tertiary/aromatic N) is 2. The number of hydrogen-bond acceptors (Lipinski definition) is 4. The van der Waals surface area contributed by atoms with Crippen molar-refractivity contribution >= 4 is 17.5 Å². The van der Waals surface area contributed by atoms with Crippen molar-refractivity contribution in [2.45, 2.75) is 38.3 Å². The van der Waals surface area contributed by atoms with Crippen LogP contribution in [0, 0.1) is 0 Å². The van der Waals surface area contributed by atoms with E-state index in [4.69, 9.17) is 4.74 Å². The fourth-order valence-corrected chi connectivity index (χ4v) is 3.63. The van der Waals surface area contributed by atoms with Crippen molar-refractivity contribution in [3.63, 3.8) is 0 Å². The van der Waals surface area contributed by atoms with E-state index in [1.807, 2.05) is 24.3 Å². The lowest BCUT2D eigenvalue weighted by Gasteiger charge is -2.35. The molecule has 3 rings (SSSR count). The van der Waals surface area contributed by atoms with Crippen LogP contribution in [-0.4, -0.2) is 62.1 Å². The second-order valence-electron chi connectivity index (χ2n) is 7.05. The summed E-state index contributed by atoms with van der Waals surface area (Å²) in [6, 6.07) is 7.83. The van der Waals surface area contributed by atoms with Crippen LogP contribution in [-0.2, 0) is 20.7 Å². The van der Waals surface area contributed by atoms with E-state index in [0.29, 0.717) is 6.54 Å². The molecule has 25 heavy (non-hydrogen) atoms. The number of hydrogen-bond donors (Lipinski definition) is 1. The molecule has 1 aromatic carbocycles. The van der Waals surface area contributed by atoms with Gasteiger partial charge in [0, 0.05) is 32.2 Å². The first-order valence-electron chi connectivity index (χ1n) is 8.98. The van der Waals surface area contributed by atoms with E-state index in [9.17, 15) is 9.59 Å². The predicted octanol–water partition coefficient (Wildman–Crippen LogP) is 1.19. The molecule has 2 heterocycles. The first-order valence-corrected chi connectivity index (χ1v) is 8.98. The fraction of sp³-hybridized carbons (Fsp3) is 0.579. The van der Waals surface area contributed by atoms with Gasteiger partial charge in [0.1, 0.15) is 6.61 Å². The molecule has 1 unspecified atom stereocenters. The van der Waals surface area contributed by atoms with Gasteiger partial charge in [-0.15, -0.1) is 0 Å². The fourth-order valence-electron chi connectivity index (χ4n) is 3.63. The molecule has 1 aromatic rings. The molecule has 6 nitrogen and oxygen atoms in total. The Hall–Kier alpha value is -1.92. The maximum Gasteiger partial charge on any atom is 0.253 e. The van der Waals surface area contributed by atoms with Gasteiger partial charge in [-0.25, -0.2) is 0 Å². The van der Waals surface area contributed by atoms with Crippen molar-refractivity contribution in [2.75, 3.05) is 38.2 Å². The third-order valence-corrected chi connectivity index (χ3v) is 4.97. The zero-order valence-electron chi connectivity index (χ0n) is 15.0. The molecule has 2 aliphatic heterocycles. The highest BCUT2D eigenvalue weighted by Gasteiger charge is 2.29. The van der Waals surface area contributed by atoms with Crippen LogP contribution < -0.4 is 10.2 Å². The lowest BCUT2D eigenvalue weighted by molar-refractivity contribution is -0.126. The summed E-state index contributed by atoms with van der Waals surface area (Å²) in [5.74, 6) is -0.110. The highest BCUT2D eigenvalue weighted by Crippen LogP contribution is 2.27. The molecule has 2 amide bonds. The van der Waals surface area contributed by atoms with Crippen LogP contribution in [0.5, 0.6) is 0 Å². The number of nitrogens with one attached hydrogen (secondary N) is 1. The summed E-state index contributed by atoms with van der Waals surface area (Å²) in [6.07, 6.45) is 2.84. The molecule has 136 valence electrons. The smallest absolute Gasteiger partial charge is 0.253 e. The van der Waals surface area contributed by atoms with Gasteiger partial charge in [0.2, 0.25) is 5.91 Å².